The van der Waals surface area contributed by atoms with Crippen molar-refractivity contribution in [2.75, 3.05) is 0 Å². The van der Waals surface area contributed by atoms with Crippen LogP contribution in [0.25, 0.3) is 0 Å². The largest absolute Gasteiger partial charge is 0.345 e. The molecule has 122 valence electrons. The van der Waals surface area contributed by atoms with Gasteiger partial charge < -0.3 is 9.47 Å². The van der Waals surface area contributed by atoms with Crippen LogP contribution < -0.4 is 0 Å². The lowest BCUT2D eigenvalue weighted by Crippen LogP contribution is -2.44. The highest BCUT2D eigenvalue weighted by Crippen LogP contribution is 2.31. The van der Waals surface area contributed by atoms with Gasteiger partial charge in [-0.2, -0.15) is 0 Å². The maximum atomic E-state index is 6.21. The summed E-state index contributed by atoms with van der Waals surface area (Å²) in [5, 5.41) is 0. The summed E-state index contributed by atoms with van der Waals surface area (Å²) in [6.07, 6.45) is 8.76. The number of hydrogen-bond donors (Lipinski definition) is 0. The number of hydrogen-bond acceptors (Lipinski definition) is 2. The van der Waals surface area contributed by atoms with Crippen LogP contribution in [-0.2, 0) is 9.47 Å². The van der Waals surface area contributed by atoms with E-state index in [-0.39, 0.29) is 11.2 Å². The molecule has 0 radical (unpaired) electrons. The van der Waals surface area contributed by atoms with Gasteiger partial charge in [-0.3, -0.25) is 0 Å². The zero-order chi connectivity index (χ0) is 15.9. The Balaban J connectivity index is 4.32. The molecule has 0 unspecified atom stereocenters. The first-order chi connectivity index (χ1) is 8.97. The van der Waals surface area contributed by atoms with Gasteiger partial charge >= 0.3 is 0 Å². The maximum absolute atomic E-state index is 6.21. The van der Waals surface area contributed by atoms with Crippen molar-refractivity contribution in [2.24, 2.45) is 0 Å². The Labute approximate surface area is 127 Å². The number of unbranched alkanes of at least 4 members (excludes halogenated alkanes) is 5. The minimum atomic E-state index is -0.485. The number of ether oxygens (including phenoxy) is 2. The second kappa shape index (κ2) is 8.38. The van der Waals surface area contributed by atoms with Gasteiger partial charge in [-0.05, 0) is 54.9 Å². The van der Waals surface area contributed by atoms with Crippen molar-refractivity contribution in [3.05, 3.63) is 0 Å². The molecule has 0 aromatic carbocycles. The van der Waals surface area contributed by atoms with Gasteiger partial charge in [0.2, 0.25) is 0 Å². The SMILES string of the molecule is CCCCCCCCC(C)(OC(C)(C)C)OC(C)(C)C. The first-order valence-electron chi connectivity index (χ1n) is 8.38. The Morgan fingerprint density at radius 1 is 0.600 bits per heavy atom. The molecule has 2 nitrogen and oxygen atoms in total. The summed E-state index contributed by atoms with van der Waals surface area (Å²) >= 11 is 0. The van der Waals surface area contributed by atoms with E-state index < -0.39 is 5.79 Å². The molecule has 0 atom stereocenters. The van der Waals surface area contributed by atoms with Crippen LogP contribution in [-0.4, -0.2) is 17.0 Å². The molecule has 0 bridgehead atoms. The molecule has 2 heteroatoms. The molecule has 0 spiro atoms. The standard InChI is InChI=1S/C18H38O2/c1-9-10-11-12-13-14-15-18(8,19-16(2,3)4)20-17(5,6)7/h9-15H2,1-8H3. The Morgan fingerprint density at radius 3 is 1.40 bits per heavy atom. The summed E-state index contributed by atoms with van der Waals surface area (Å²) in [5.41, 5.74) is -0.357. The lowest BCUT2D eigenvalue weighted by molar-refractivity contribution is -0.304. The summed E-state index contributed by atoms with van der Waals surface area (Å²) < 4.78 is 12.4. The van der Waals surface area contributed by atoms with Crippen LogP contribution in [0.1, 0.15) is 100 Å². The summed E-state index contributed by atoms with van der Waals surface area (Å²) in [6.45, 7) is 16.9. The van der Waals surface area contributed by atoms with E-state index in [1.807, 2.05) is 0 Å². The Bertz CT molecular complexity index is 229. The quantitative estimate of drug-likeness (QED) is 0.377. The zero-order valence-electron chi connectivity index (χ0n) is 15.3. The van der Waals surface area contributed by atoms with E-state index in [0.29, 0.717) is 0 Å². The monoisotopic (exact) mass is 286 g/mol. The zero-order valence-corrected chi connectivity index (χ0v) is 15.3. The predicted molar refractivity (Wildman–Crippen MR) is 88.1 cm³/mol. The van der Waals surface area contributed by atoms with Gasteiger partial charge in [0.15, 0.2) is 5.79 Å². The molecule has 0 aromatic rings. The smallest absolute Gasteiger partial charge is 0.166 e. The van der Waals surface area contributed by atoms with E-state index in [9.17, 15) is 0 Å². The molecular weight excluding hydrogens is 248 g/mol. The number of rotatable bonds is 9. The maximum Gasteiger partial charge on any atom is 0.166 e. The van der Waals surface area contributed by atoms with Gasteiger partial charge in [-0.25, -0.2) is 0 Å². The third-order valence-corrected chi connectivity index (χ3v) is 3.03. The van der Waals surface area contributed by atoms with Crippen molar-refractivity contribution in [3.8, 4) is 0 Å². The van der Waals surface area contributed by atoms with E-state index in [2.05, 4.69) is 55.4 Å². The summed E-state index contributed by atoms with van der Waals surface area (Å²) in [4.78, 5) is 0. The normalized spacial score (nSPS) is 13.8. The van der Waals surface area contributed by atoms with Crippen LogP contribution in [0.2, 0.25) is 0 Å². The fraction of sp³-hybridized carbons (Fsp3) is 1.00. The lowest BCUT2D eigenvalue weighted by Gasteiger charge is -2.41. The highest BCUT2D eigenvalue weighted by Gasteiger charge is 2.34. The molecule has 0 amide bonds. The molecule has 0 N–H and O–H groups in total. The first kappa shape index (κ1) is 19.9. The Morgan fingerprint density at radius 2 is 1.00 bits per heavy atom. The topological polar surface area (TPSA) is 18.5 Å². The van der Waals surface area contributed by atoms with Gasteiger partial charge in [0, 0.05) is 6.42 Å². The van der Waals surface area contributed by atoms with E-state index in [4.69, 9.17) is 9.47 Å². The van der Waals surface area contributed by atoms with Crippen LogP contribution in [0.4, 0.5) is 0 Å². The summed E-state index contributed by atoms with van der Waals surface area (Å²) in [7, 11) is 0. The average Bonchev–Trinajstić information content (AvgIpc) is 2.17. The fourth-order valence-corrected chi connectivity index (χ4v) is 2.64. The fourth-order valence-electron chi connectivity index (χ4n) is 2.64. The Hall–Kier alpha value is -0.0800. The molecule has 0 saturated carbocycles. The lowest BCUT2D eigenvalue weighted by atomic mass is 10.0. The van der Waals surface area contributed by atoms with Crippen LogP contribution in [0.5, 0.6) is 0 Å². The second-order valence-electron chi connectivity index (χ2n) is 8.08. The van der Waals surface area contributed by atoms with E-state index in [1.165, 1.54) is 38.5 Å². The van der Waals surface area contributed by atoms with Crippen molar-refractivity contribution in [1.82, 2.24) is 0 Å². The minimum Gasteiger partial charge on any atom is -0.345 e. The van der Waals surface area contributed by atoms with E-state index >= 15 is 0 Å². The minimum absolute atomic E-state index is 0.178. The molecule has 0 aliphatic heterocycles. The molecular formula is C18H38O2. The van der Waals surface area contributed by atoms with Crippen LogP contribution in [0.15, 0.2) is 0 Å². The van der Waals surface area contributed by atoms with Crippen molar-refractivity contribution >= 4 is 0 Å². The highest BCUT2D eigenvalue weighted by molar-refractivity contribution is 4.75. The summed E-state index contributed by atoms with van der Waals surface area (Å²) in [5.74, 6) is -0.485. The predicted octanol–water partition coefficient (Wildman–Crippen LogP) is 6.08. The third kappa shape index (κ3) is 11.7. The van der Waals surface area contributed by atoms with Gasteiger partial charge in [0.05, 0.1) is 11.2 Å². The molecule has 0 heterocycles. The second-order valence-corrected chi connectivity index (χ2v) is 8.08. The van der Waals surface area contributed by atoms with Crippen LogP contribution >= 0.6 is 0 Å². The van der Waals surface area contributed by atoms with Crippen molar-refractivity contribution in [3.63, 3.8) is 0 Å². The highest BCUT2D eigenvalue weighted by atomic mass is 16.7. The van der Waals surface area contributed by atoms with Gasteiger partial charge in [-0.1, -0.05) is 39.0 Å². The average molecular weight is 286 g/mol. The Kier molecular flexibility index (Phi) is 8.35. The van der Waals surface area contributed by atoms with Gasteiger partial charge in [-0.15, -0.1) is 0 Å². The third-order valence-electron chi connectivity index (χ3n) is 3.03. The molecule has 0 fully saturated rings. The molecule has 0 aliphatic carbocycles. The molecule has 20 heavy (non-hydrogen) atoms. The van der Waals surface area contributed by atoms with Crippen LogP contribution in [0, 0.1) is 0 Å². The first-order valence-corrected chi connectivity index (χ1v) is 8.38. The summed E-state index contributed by atoms with van der Waals surface area (Å²) in [6, 6.07) is 0. The van der Waals surface area contributed by atoms with Crippen LogP contribution in [0.3, 0.4) is 0 Å². The van der Waals surface area contributed by atoms with Crippen molar-refractivity contribution < 1.29 is 9.47 Å². The molecule has 0 saturated heterocycles. The van der Waals surface area contributed by atoms with Gasteiger partial charge in [0.1, 0.15) is 0 Å². The molecule has 0 rings (SSSR count). The molecule has 0 aliphatic rings. The van der Waals surface area contributed by atoms with Gasteiger partial charge in [0.25, 0.3) is 0 Å². The van der Waals surface area contributed by atoms with Crippen molar-refractivity contribution in [1.29, 1.82) is 0 Å². The van der Waals surface area contributed by atoms with Crippen molar-refractivity contribution in [2.45, 2.75) is 117 Å². The van der Waals surface area contributed by atoms with E-state index in [0.717, 1.165) is 6.42 Å². The molecule has 0 aromatic heterocycles. The van der Waals surface area contributed by atoms with E-state index in [1.54, 1.807) is 0 Å².